The van der Waals surface area contributed by atoms with Gasteiger partial charge in [-0.2, -0.15) is 0 Å². The first-order chi connectivity index (χ1) is 40.7. The number of unbranched alkanes of at least 4 members (excludes halogenated alkanes) is 32. The van der Waals surface area contributed by atoms with E-state index in [-0.39, 0.29) is 19.4 Å². The van der Waals surface area contributed by atoms with Crippen molar-refractivity contribution in [3.8, 4) is 0 Å². The first-order valence-corrected chi connectivity index (χ1v) is 34.4. The fraction of sp³-hybridized carbons (Fsp3) is 0.778. The number of hydrogen-bond acceptors (Lipinski definition) is 10. The van der Waals surface area contributed by atoms with Gasteiger partial charge in [-0.05, 0) is 103 Å². The van der Waals surface area contributed by atoms with E-state index in [0.717, 1.165) is 103 Å². The maximum absolute atomic E-state index is 13.5. The zero-order valence-corrected chi connectivity index (χ0v) is 53.3. The highest BCUT2D eigenvalue weighted by molar-refractivity contribution is 5.80. The summed E-state index contributed by atoms with van der Waals surface area (Å²) >= 11 is 0. The van der Waals surface area contributed by atoms with Gasteiger partial charge in [0.1, 0.15) is 24.4 Å². The lowest BCUT2D eigenvalue weighted by molar-refractivity contribution is -0.305. The van der Waals surface area contributed by atoms with Crippen molar-refractivity contribution in [1.29, 1.82) is 0 Å². The highest BCUT2D eigenvalue weighted by atomic mass is 16.7. The predicted octanol–water partition coefficient (Wildman–Crippen LogP) is 17.3. The van der Waals surface area contributed by atoms with Crippen LogP contribution in [0.15, 0.2) is 85.1 Å². The van der Waals surface area contributed by atoms with E-state index in [4.69, 9.17) is 14.2 Å². The van der Waals surface area contributed by atoms with Crippen LogP contribution >= 0.6 is 0 Å². The molecule has 0 radical (unpaired) electrons. The molecular weight excluding hydrogens is 1040 g/mol. The third-order valence-corrected chi connectivity index (χ3v) is 15.8. The Morgan fingerprint density at radius 2 is 0.831 bits per heavy atom. The summed E-state index contributed by atoms with van der Waals surface area (Å²) in [5, 5.41) is 57.1. The molecule has 8 atom stereocenters. The van der Waals surface area contributed by atoms with Crippen LogP contribution in [0.4, 0.5) is 0 Å². The van der Waals surface area contributed by atoms with Crippen LogP contribution in [-0.2, 0) is 23.8 Å². The molecule has 0 aromatic rings. The van der Waals surface area contributed by atoms with E-state index in [2.05, 4.69) is 99.0 Å². The molecule has 8 unspecified atom stereocenters. The molecule has 6 N–H and O–H groups in total. The molecule has 83 heavy (non-hydrogen) atoms. The SMILES string of the molecule is CCCCC/C=C\C/C=C\C/C=C\CCCCCCCCCCCCC(=O)OC1C(OCC(NC(=O)C(O)CCCCCCCCC/C=C\C/C=C\C/C=C\CCCCC)C(O)/C=C/CCCCCCCCCCC)OC(CO)C(O)C1O. The topological polar surface area (TPSA) is 175 Å². The Balaban J connectivity index is 2.59. The van der Waals surface area contributed by atoms with Crippen LogP contribution < -0.4 is 5.32 Å². The molecule has 1 saturated heterocycles. The first-order valence-electron chi connectivity index (χ1n) is 34.4. The lowest BCUT2D eigenvalue weighted by atomic mass is 9.99. The third-order valence-electron chi connectivity index (χ3n) is 15.8. The van der Waals surface area contributed by atoms with Crippen molar-refractivity contribution in [2.75, 3.05) is 13.2 Å². The smallest absolute Gasteiger partial charge is 0.306 e. The van der Waals surface area contributed by atoms with Crippen molar-refractivity contribution >= 4 is 11.9 Å². The van der Waals surface area contributed by atoms with Crippen molar-refractivity contribution in [3.05, 3.63) is 85.1 Å². The van der Waals surface area contributed by atoms with Crippen molar-refractivity contribution in [3.63, 3.8) is 0 Å². The molecule has 0 spiro atoms. The van der Waals surface area contributed by atoms with Gasteiger partial charge < -0.3 is 45.1 Å². The van der Waals surface area contributed by atoms with Gasteiger partial charge in [-0.1, -0.05) is 273 Å². The van der Waals surface area contributed by atoms with E-state index in [9.17, 15) is 35.1 Å². The molecular formula is C72H127NO10. The van der Waals surface area contributed by atoms with Gasteiger partial charge in [0.05, 0.1) is 25.4 Å². The lowest BCUT2D eigenvalue weighted by Gasteiger charge is -2.41. The highest BCUT2D eigenvalue weighted by Crippen LogP contribution is 2.26. The van der Waals surface area contributed by atoms with Crippen LogP contribution in [0.3, 0.4) is 0 Å². The number of aliphatic hydroxyl groups excluding tert-OH is 5. The summed E-state index contributed by atoms with van der Waals surface area (Å²) in [5.74, 6) is -1.20. The molecule has 1 rings (SSSR count). The molecule has 0 aliphatic carbocycles. The quantitative estimate of drug-likeness (QED) is 0.0195. The van der Waals surface area contributed by atoms with Gasteiger partial charge in [-0.15, -0.1) is 0 Å². The monoisotopic (exact) mass is 1170 g/mol. The summed E-state index contributed by atoms with van der Waals surface area (Å²) in [6.07, 6.45) is 67.6. The summed E-state index contributed by atoms with van der Waals surface area (Å²) in [6, 6.07) is -1.03. The molecule has 1 heterocycles. The van der Waals surface area contributed by atoms with Crippen molar-refractivity contribution in [1.82, 2.24) is 5.32 Å². The average Bonchev–Trinajstić information content (AvgIpc) is 3.68. The van der Waals surface area contributed by atoms with E-state index >= 15 is 0 Å². The van der Waals surface area contributed by atoms with Crippen molar-refractivity contribution in [2.24, 2.45) is 0 Å². The number of amides is 1. The van der Waals surface area contributed by atoms with Crippen LogP contribution in [0.1, 0.15) is 297 Å². The van der Waals surface area contributed by atoms with Crippen LogP contribution in [-0.4, -0.2) is 99.6 Å². The summed E-state index contributed by atoms with van der Waals surface area (Å²) in [5.41, 5.74) is 0. The van der Waals surface area contributed by atoms with Crippen molar-refractivity contribution < 1.29 is 49.3 Å². The largest absolute Gasteiger partial charge is 0.454 e. The molecule has 0 aromatic heterocycles. The summed E-state index contributed by atoms with van der Waals surface area (Å²) in [7, 11) is 0. The Morgan fingerprint density at radius 1 is 0.470 bits per heavy atom. The van der Waals surface area contributed by atoms with E-state index in [1.165, 1.54) is 148 Å². The Bertz CT molecular complexity index is 1670. The number of hydrogen-bond donors (Lipinski definition) is 6. The van der Waals surface area contributed by atoms with Gasteiger partial charge in [0, 0.05) is 6.42 Å². The van der Waals surface area contributed by atoms with Gasteiger partial charge in [0.25, 0.3) is 0 Å². The Morgan fingerprint density at radius 3 is 1.27 bits per heavy atom. The highest BCUT2D eigenvalue weighted by Gasteiger charge is 2.47. The molecule has 0 aromatic carbocycles. The predicted molar refractivity (Wildman–Crippen MR) is 347 cm³/mol. The minimum Gasteiger partial charge on any atom is -0.454 e. The molecule has 1 aliphatic heterocycles. The second kappa shape index (κ2) is 59.2. The molecule has 11 nitrogen and oxygen atoms in total. The summed E-state index contributed by atoms with van der Waals surface area (Å²) < 4.78 is 17.7. The lowest BCUT2D eigenvalue weighted by Crippen LogP contribution is -2.61. The molecule has 1 aliphatic rings. The maximum Gasteiger partial charge on any atom is 0.306 e. The van der Waals surface area contributed by atoms with Gasteiger partial charge in [-0.25, -0.2) is 0 Å². The summed E-state index contributed by atoms with van der Waals surface area (Å²) in [4.78, 5) is 26.6. The zero-order chi connectivity index (χ0) is 60.3. The number of rotatable bonds is 58. The second-order valence-electron chi connectivity index (χ2n) is 23.6. The number of carbonyl (C=O) groups is 2. The first kappa shape index (κ1) is 77.9. The third kappa shape index (κ3) is 46.7. The fourth-order valence-corrected chi connectivity index (χ4v) is 10.3. The minimum absolute atomic E-state index is 0.115. The normalized spacial score (nSPS) is 19.1. The van der Waals surface area contributed by atoms with Gasteiger partial charge in [-0.3, -0.25) is 9.59 Å². The number of esters is 1. The van der Waals surface area contributed by atoms with Crippen molar-refractivity contribution in [2.45, 2.75) is 346 Å². The molecule has 0 saturated carbocycles. The summed E-state index contributed by atoms with van der Waals surface area (Å²) in [6.45, 7) is 5.74. The molecule has 1 fully saturated rings. The second-order valence-corrected chi connectivity index (χ2v) is 23.6. The van der Waals surface area contributed by atoms with Crippen LogP contribution in [0, 0.1) is 0 Å². The van der Waals surface area contributed by atoms with Crippen LogP contribution in [0.5, 0.6) is 0 Å². The Hall–Kier alpha value is -3.16. The minimum atomic E-state index is -1.62. The number of ether oxygens (including phenoxy) is 3. The molecule has 11 heteroatoms. The zero-order valence-electron chi connectivity index (χ0n) is 53.3. The van der Waals surface area contributed by atoms with Crippen LogP contribution in [0.2, 0.25) is 0 Å². The average molecular weight is 1170 g/mol. The van der Waals surface area contributed by atoms with E-state index in [1.807, 2.05) is 6.08 Å². The number of carbonyl (C=O) groups excluding carboxylic acids is 2. The van der Waals surface area contributed by atoms with Gasteiger partial charge in [0.15, 0.2) is 12.4 Å². The maximum atomic E-state index is 13.5. The Labute approximate surface area is 508 Å². The fourth-order valence-electron chi connectivity index (χ4n) is 10.3. The molecule has 1 amide bonds. The van der Waals surface area contributed by atoms with E-state index < -0.39 is 67.4 Å². The number of allylic oxidation sites excluding steroid dienone is 13. The van der Waals surface area contributed by atoms with Gasteiger partial charge >= 0.3 is 5.97 Å². The van der Waals surface area contributed by atoms with E-state index in [1.54, 1.807) is 6.08 Å². The van der Waals surface area contributed by atoms with Crippen LogP contribution in [0.25, 0.3) is 0 Å². The van der Waals surface area contributed by atoms with E-state index in [0.29, 0.717) is 12.8 Å². The Kier molecular flexibility index (Phi) is 55.5. The number of nitrogens with one attached hydrogen (secondary N) is 1. The molecule has 480 valence electrons. The molecule has 0 bridgehead atoms. The number of aliphatic hydroxyl groups is 5. The standard InChI is InChI=1S/C72H127NO10/c1-4-7-10-13-16-19-22-24-26-28-30-32-33-34-36-38-40-42-45-48-51-54-57-60-67(77)83-70-69(79)68(78)66(61-74)82-72(70)81-62-63(64(75)58-55-52-49-46-43-21-18-15-12-9-6-3)73-71(80)65(76)59-56-53-50-47-44-41-39-37-35-31-29-27-25-23-20-17-14-11-8-5-2/h16-17,19-20,24-27,30-32,35,55,58,63-66,68-70,72,74-76,78-79H,4-15,18,21-23,28-29,33-34,36-54,56-57,59-62H2,1-3H3,(H,73,80)/b19-16-,20-17-,26-24-,27-25-,32-30-,35-31-,58-55+. The van der Waals surface area contributed by atoms with Gasteiger partial charge in [0.2, 0.25) is 5.91 Å².